The molecular formula is C24H27N9O. The summed E-state index contributed by atoms with van der Waals surface area (Å²) in [6.07, 6.45) is 5.18. The molecule has 1 aromatic carbocycles. The van der Waals surface area contributed by atoms with Gasteiger partial charge in [-0.05, 0) is 37.7 Å². The number of hydrogen-bond acceptors (Lipinski definition) is 7. The molecule has 10 nitrogen and oxygen atoms in total. The maximum absolute atomic E-state index is 12.1. The van der Waals surface area contributed by atoms with Crippen molar-refractivity contribution in [3.63, 3.8) is 0 Å². The number of urea groups is 1. The fourth-order valence-corrected chi connectivity index (χ4v) is 4.09. The first-order valence-electron chi connectivity index (χ1n) is 11.4. The maximum Gasteiger partial charge on any atom is 0.321 e. The predicted octanol–water partition coefficient (Wildman–Crippen LogP) is 2.98. The molecule has 1 fully saturated rings. The first kappa shape index (κ1) is 21.8. The molecule has 0 aliphatic carbocycles. The van der Waals surface area contributed by atoms with Crippen LogP contribution in [0.25, 0.3) is 33.4 Å². The zero-order valence-electron chi connectivity index (χ0n) is 19.2. The summed E-state index contributed by atoms with van der Waals surface area (Å²) in [5.41, 5.74) is 5.10. The molecule has 3 aromatic heterocycles. The third-order valence-corrected chi connectivity index (χ3v) is 5.91. The fourth-order valence-electron chi connectivity index (χ4n) is 4.09. The van der Waals surface area contributed by atoms with Gasteiger partial charge in [-0.25, -0.2) is 19.7 Å². The number of nitrogens with zero attached hydrogens (tertiary/aromatic N) is 6. The van der Waals surface area contributed by atoms with Crippen LogP contribution >= 0.6 is 0 Å². The van der Waals surface area contributed by atoms with E-state index in [0.717, 1.165) is 65.4 Å². The molecule has 5 rings (SSSR count). The van der Waals surface area contributed by atoms with Crippen molar-refractivity contribution in [1.82, 2.24) is 35.1 Å². The number of hydrogen-bond donors (Lipinski definition) is 3. The van der Waals surface area contributed by atoms with E-state index in [4.69, 9.17) is 0 Å². The molecular weight excluding hydrogens is 430 g/mol. The van der Waals surface area contributed by atoms with Crippen molar-refractivity contribution < 1.29 is 4.79 Å². The molecule has 0 unspecified atom stereocenters. The number of aromatic nitrogens is 5. The molecule has 10 heteroatoms. The molecule has 1 saturated heterocycles. The number of carbonyl (C=O) groups is 1. The minimum atomic E-state index is -0.310. The quantitative estimate of drug-likeness (QED) is 0.422. The molecule has 2 amide bonds. The van der Waals surface area contributed by atoms with Crippen LogP contribution in [0, 0.1) is 0 Å². The highest BCUT2D eigenvalue weighted by Crippen LogP contribution is 2.33. The van der Waals surface area contributed by atoms with Crippen LogP contribution in [0.5, 0.6) is 0 Å². The molecule has 3 N–H and O–H groups in total. The largest absolute Gasteiger partial charge is 0.354 e. The summed E-state index contributed by atoms with van der Waals surface area (Å²) in [4.78, 5) is 37.9. The van der Waals surface area contributed by atoms with Crippen LogP contribution < -0.4 is 15.5 Å². The van der Waals surface area contributed by atoms with E-state index in [1.807, 2.05) is 37.4 Å². The number of anilines is 2. The molecule has 4 aromatic rings. The number of piperazine rings is 1. The minimum absolute atomic E-state index is 0.310. The first-order chi connectivity index (χ1) is 16.6. The van der Waals surface area contributed by atoms with E-state index in [2.05, 4.69) is 58.5 Å². The second-order valence-electron chi connectivity index (χ2n) is 8.28. The van der Waals surface area contributed by atoms with Gasteiger partial charge in [0, 0.05) is 62.3 Å². The maximum atomic E-state index is 12.1. The van der Waals surface area contributed by atoms with Crippen molar-refractivity contribution in [3.8, 4) is 22.4 Å². The second kappa shape index (κ2) is 9.44. The summed E-state index contributed by atoms with van der Waals surface area (Å²) in [7, 11) is 2.13. The Labute approximate surface area is 197 Å². The van der Waals surface area contributed by atoms with E-state index in [0.29, 0.717) is 12.5 Å². The highest BCUT2D eigenvalue weighted by molar-refractivity contribution is 5.98. The van der Waals surface area contributed by atoms with Gasteiger partial charge in [0.1, 0.15) is 12.1 Å². The third kappa shape index (κ3) is 4.53. The van der Waals surface area contributed by atoms with E-state index in [1.54, 1.807) is 12.5 Å². The number of pyridine rings is 1. The van der Waals surface area contributed by atoms with E-state index in [1.165, 1.54) is 0 Å². The topological polar surface area (TPSA) is 115 Å². The van der Waals surface area contributed by atoms with Gasteiger partial charge in [0.2, 0.25) is 5.95 Å². The van der Waals surface area contributed by atoms with Crippen LogP contribution in [-0.4, -0.2) is 75.6 Å². The van der Waals surface area contributed by atoms with Crippen LogP contribution in [0.3, 0.4) is 0 Å². The number of benzene rings is 1. The number of amides is 2. The van der Waals surface area contributed by atoms with Gasteiger partial charge in [0.05, 0.1) is 16.7 Å². The van der Waals surface area contributed by atoms with Gasteiger partial charge >= 0.3 is 6.03 Å². The zero-order valence-corrected chi connectivity index (χ0v) is 19.2. The van der Waals surface area contributed by atoms with Crippen LogP contribution in [0.2, 0.25) is 0 Å². The van der Waals surface area contributed by atoms with Crippen molar-refractivity contribution in [2.75, 3.05) is 50.0 Å². The normalized spacial score (nSPS) is 14.4. The average Bonchev–Trinajstić information content (AvgIpc) is 3.27. The average molecular weight is 458 g/mol. The minimum Gasteiger partial charge on any atom is -0.354 e. The Bertz CT molecular complexity index is 1300. The number of H-pyrrole nitrogens is 1. The Morgan fingerprint density at radius 2 is 1.97 bits per heavy atom. The van der Waals surface area contributed by atoms with Crippen molar-refractivity contribution in [1.29, 1.82) is 0 Å². The predicted molar refractivity (Wildman–Crippen MR) is 133 cm³/mol. The third-order valence-electron chi connectivity index (χ3n) is 5.91. The van der Waals surface area contributed by atoms with Crippen LogP contribution in [0.4, 0.5) is 16.6 Å². The van der Waals surface area contributed by atoms with E-state index in [9.17, 15) is 4.79 Å². The molecule has 0 saturated carbocycles. The fraction of sp³-hybridized carbons (Fsp3) is 0.292. The highest BCUT2D eigenvalue weighted by atomic mass is 16.2. The lowest BCUT2D eigenvalue weighted by atomic mass is 10.0. The lowest BCUT2D eigenvalue weighted by molar-refractivity contribution is 0.252. The number of aromatic amines is 1. The first-order valence-corrected chi connectivity index (χ1v) is 11.4. The van der Waals surface area contributed by atoms with Gasteiger partial charge in [-0.2, -0.15) is 0 Å². The lowest BCUT2D eigenvalue weighted by Gasteiger charge is -2.33. The number of nitrogens with one attached hydrogen (secondary N) is 3. The smallest absolute Gasteiger partial charge is 0.321 e. The van der Waals surface area contributed by atoms with Crippen LogP contribution in [0.1, 0.15) is 6.92 Å². The van der Waals surface area contributed by atoms with Crippen LogP contribution in [0.15, 0.2) is 49.1 Å². The molecule has 1 aliphatic heterocycles. The molecule has 0 atom stereocenters. The molecule has 0 bridgehead atoms. The Balaban J connectivity index is 1.59. The Kier molecular flexibility index (Phi) is 6.05. The number of likely N-dealkylation sites (N-methyl/N-ethyl adjacent to an activating group) is 1. The number of carbonyl (C=O) groups excluding carboxylic acids is 1. The number of rotatable bonds is 5. The molecule has 174 valence electrons. The van der Waals surface area contributed by atoms with Gasteiger partial charge < -0.3 is 20.1 Å². The van der Waals surface area contributed by atoms with Crippen molar-refractivity contribution >= 4 is 28.8 Å². The van der Waals surface area contributed by atoms with Crippen molar-refractivity contribution in [2.24, 2.45) is 0 Å². The summed E-state index contributed by atoms with van der Waals surface area (Å²) < 4.78 is 0. The monoisotopic (exact) mass is 457 g/mol. The molecule has 1 aliphatic rings. The SMILES string of the molecule is CCNC(=O)Nc1nc2c(-c3cc(N4CCN(C)CC4)ncn3)cc(-c3cccnc3)cc2[nH]1. The van der Waals surface area contributed by atoms with Gasteiger partial charge in [0.15, 0.2) is 0 Å². The Hall–Kier alpha value is -4.05. The van der Waals surface area contributed by atoms with Crippen molar-refractivity contribution in [3.05, 3.63) is 49.1 Å². The highest BCUT2D eigenvalue weighted by Gasteiger charge is 2.19. The van der Waals surface area contributed by atoms with Gasteiger partial charge in [-0.1, -0.05) is 6.07 Å². The summed E-state index contributed by atoms with van der Waals surface area (Å²) >= 11 is 0. The Morgan fingerprint density at radius 3 is 2.74 bits per heavy atom. The second-order valence-corrected chi connectivity index (χ2v) is 8.28. The number of imidazole rings is 1. The Morgan fingerprint density at radius 1 is 1.12 bits per heavy atom. The van der Waals surface area contributed by atoms with E-state index < -0.39 is 0 Å². The summed E-state index contributed by atoms with van der Waals surface area (Å²) in [6, 6.07) is 9.69. The zero-order chi connectivity index (χ0) is 23.5. The summed E-state index contributed by atoms with van der Waals surface area (Å²) in [5.74, 6) is 1.27. The van der Waals surface area contributed by atoms with Crippen LogP contribution in [-0.2, 0) is 0 Å². The lowest BCUT2D eigenvalue weighted by Crippen LogP contribution is -2.44. The number of fused-ring (bicyclic) bond motifs is 1. The van der Waals surface area contributed by atoms with E-state index >= 15 is 0 Å². The molecule has 4 heterocycles. The van der Waals surface area contributed by atoms with Crippen molar-refractivity contribution in [2.45, 2.75) is 6.92 Å². The summed E-state index contributed by atoms with van der Waals surface area (Å²) in [5, 5.41) is 5.48. The van der Waals surface area contributed by atoms with Gasteiger partial charge in [-0.3, -0.25) is 10.3 Å². The molecule has 34 heavy (non-hydrogen) atoms. The summed E-state index contributed by atoms with van der Waals surface area (Å²) in [6.45, 7) is 6.22. The molecule has 0 spiro atoms. The van der Waals surface area contributed by atoms with Gasteiger partial charge in [0.25, 0.3) is 0 Å². The van der Waals surface area contributed by atoms with Gasteiger partial charge in [-0.15, -0.1) is 0 Å². The van der Waals surface area contributed by atoms with E-state index in [-0.39, 0.29) is 6.03 Å². The molecule has 0 radical (unpaired) electrons. The standard InChI is InChI=1S/C24H27N9O/c1-3-26-24(34)31-23-29-20-12-17(16-5-4-6-25-14-16)11-18(22(20)30-23)19-13-21(28-15-27-19)33-9-7-32(2)8-10-33/h4-6,11-15H,3,7-10H2,1-2H3,(H3,26,29,30,31,34).